The lowest BCUT2D eigenvalue weighted by atomic mass is 10.0. The minimum atomic E-state index is -0.989. The van der Waals surface area contributed by atoms with Crippen LogP contribution in [0.4, 0.5) is 11.4 Å². The maximum atomic E-state index is 14.0. The number of nitriles is 1. The van der Waals surface area contributed by atoms with Gasteiger partial charge in [-0.1, -0.05) is 29.8 Å². The fraction of sp³-hybridized carbons (Fsp3) is 0.385. The summed E-state index contributed by atoms with van der Waals surface area (Å²) >= 11 is 3.47. The summed E-state index contributed by atoms with van der Waals surface area (Å²) < 4.78 is 6.33. The average molecular weight is 541 g/mol. The van der Waals surface area contributed by atoms with E-state index in [0.717, 1.165) is 10.0 Å². The van der Waals surface area contributed by atoms with Gasteiger partial charge in [-0.3, -0.25) is 14.4 Å². The highest BCUT2D eigenvalue weighted by Gasteiger charge is 2.41. The van der Waals surface area contributed by atoms with Crippen LogP contribution < -0.4 is 19.9 Å². The van der Waals surface area contributed by atoms with Crippen LogP contribution in [-0.2, 0) is 20.9 Å². The fourth-order valence-corrected chi connectivity index (χ4v) is 4.61. The quantitative estimate of drug-likeness (QED) is 0.592. The number of fused-ring (bicyclic) bond motifs is 1. The molecule has 184 valence electrons. The normalized spacial score (nSPS) is 18.3. The number of nitrogens with zero attached hydrogens (tertiary/aromatic N) is 3. The van der Waals surface area contributed by atoms with Gasteiger partial charge in [-0.25, -0.2) is 0 Å². The number of hydrogen-bond donors (Lipinski definition) is 1. The van der Waals surface area contributed by atoms with Gasteiger partial charge in [0, 0.05) is 22.9 Å². The zero-order valence-corrected chi connectivity index (χ0v) is 22.0. The Labute approximate surface area is 214 Å². The van der Waals surface area contributed by atoms with E-state index >= 15 is 0 Å². The predicted octanol–water partition coefficient (Wildman–Crippen LogP) is 4.15. The van der Waals surface area contributed by atoms with Crippen LogP contribution in [0.15, 0.2) is 40.9 Å². The zero-order chi connectivity index (χ0) is 25.9. The molecule has 8 nitrogen and oxygen atoms in total. The Bertz CT molecular complexity index is 1190. The maximum absolute atomic E-state index is 14.0. The first-order valence-electron chi connectivity index (χ1n) is 11.4. The van der Waals surface area contributed by atoms with E-state index in [0.29, 0.717) is 29.1 Å². The van der Waals surface area contributed by atoms with Crippen molar-refractivity contribution in [2.24, 2.45) is 5.92 Å². The van der Waals surface area contributed by atoms with E-state index in [1.807, 2.05) is 19.1 Å². The van der Waals surface area contributed by atoms with Crippen molar-refractivity contribution in [1.29, 1.82) is 5.26 Å². The molecule has 1 aliphatic rings. The molecule has 3 amide bonds. The lowest BCUT2D eigenvalue weighted by Gasteiger charge is -2.32. The highest BCUT2D eigenvalue weighted by Crippen LogP contribution is 2.38. The second kappa shape index (κ2) is 10.9. The van der Waals surface area contributed by atoms with Crippen LogP contribution in [0.1, 0.15) is 45.2 Å². The summed E-state index contributed by atoms with van der Waals surface area (Å²) in [7, 11) is 1.55. The first-order chi connectivity index (χ1) is 16.6. The molecule has 0 spiro atoms. The summed E-state index contributed by atoms with van der Waals surface area (Å²) in [4.78, 5) is 42.7. The van der Waals surface area contributed by atoms with Gasteiger partial charge >= 0.3 is 0 Å². The average Bonchev–Trinajstić information content (AvgIpc) is 2.91. The van der Waals surface area contributed by atoms with Crippen LogP contribution in [0, 0.1) is 17.2 Å². The van der Waals surface area contributed by atoms with Gasteiger partial charge in [0.2, 0.25) is 11.8 Å². The number of methoxy groups -OCH3 is 1. The largest absolute Gasteiger partial charge is 0.496 e. The van der Waals surface area contributed by atoms with Gasteiger partial charge in [-0.05, 0) is 49.7 Å². The van der Waals surface area contributed by atoms with Crippen molar-refractivity contribution in [3.05, 3.63) is 52.0 Å². The van der Waals surface area contributed by atoms with Crippen LogP contribution in [0.2, 0.25) is 0 Å². The summed E-state index contributed by atoms with van der Waals surface area (Å²) in [6, 6.07) is 10.8. The van der Waals surface area contributed by atoms with E-state index in [2.05, 4.69) is 27.3 Å². The molecule has 0 fully saturated rings. The number of ether oxygens (including phenoxy) is 1. The summed E-state index contributed by atoms with van der Waals surface area (Å²) in [5.74, 6) is -0.616. The Balaban J connectivity index is 2.21. The van der Waals surface area contributed by atoms with Crippen molar-refractivity contribution in [3.8, 4) is 11.8 Å². The number of halogens is 1. The third kappa shape index (κ3) is 5.33. The Kier molecular flexibility index (Phi) is 8.18. The molecule has 0 saturated heterocycles. The van der Waals surface area contributed by atoms with Gasteiger partial charge in [-0.15, -0.1) is 0 Å². The molecular formula is C26H29BrN4O4. The lowest BCUT2D eigenvalue weighted by Crippen LogP contribution is -2.58. The number of amides is 3. The van der Waals surface area contributed by atoms with Crippen molar-refractivity contribution >= 4 is 45.0 Å². The molecular weight excluding hydrogens is 512 g/mol. The van der Waals surface area contributed by atoms with Crippen LogP contribution >= 0.6 is 15.9 Å². The predicted molar refractivity (Wildman–Crippen MR) is 137 cm³/mol. The highest BCUT2D eigenvalue weighted by atomic mass is 79.9. The maximum Gasteiger partial charge on any atom is 0.252 e. The monoisotopic (exact) mass is 540 g/mol. The van der Waals surface area contributed by atoms with Gasteiger partial charge in [0.1, 0.15) is 11.8 Å². The first kappa shape index (κ1) is 26.2. The Morgan fingerprint density at radius 3 is 2.54 bits per heavy atom. The molecule has 3 atom stereocenters. The van der Waals surface area contributed by atoms with Crippen LogP contribution in [0.3, 0.4) is 0 Å². The number of benzene rings is 2. The molecule has 9 heteroatoms. The van der Waals surface area contributed by atoms with E-state index < -0.39 is 12.1 Å². The summed E-state index contributed by atoms with van der Waals surface area (Å²) in [6.45, 7) is 6.96. The summed E-state index contributed by atoms with van der Waals surface area (Å²) in [5.41, 5.74) is 2.00. The van der Waals surface area contributed by atoms with Gasteiger partial charge in [0.05, 0.1) is 42.7 Å². The number of nitrogens with one attached hydrogen (secondary N) is 1. The minimum absolute atomic E-state index is 0.133. The Hall–Kier alpha value is -3.38. The molecule has 0 aromatic heterocycles. The third-order valence-electron chi connectivity index (χ3n) is 6.34. The molecule has 3 rings (SSSR count). The van der Waals surface area contributed by atoms with Crippen LogP contribution in [0.25, 0.3) is 0 Å². The van der Waals surface area contributed by atoms with Crippen molar-refractivity contribution < 1.29 is 19.1 Å². The topological polar surface area (TPSA) is 103 Å². The number of carbonyl (C=O) groups is 3. The summed E-state index contributed by atoms with van der Waals surface area (Å²) in [6.07, 6.45) is 0.613. The van der Waals surface area contributed by atoms with Gasteiger partial charge in [-0.2, -0.15) is 5.26 Å². The Morgan fingerprint density at radius 1 is 1.23 bits per heavy atom. The molecule has 2 aromatic carbocycles. The minimum Gasteiger partial charge on any atom is -0.496 e. The van der Waals surface area contributed by atoms with E-state index in [1.54, 1.807) is 50.1 Å². The molecule has 35 heavy (non-hydrogen) atoms. The van der Waals surface area contributed by atoms with E-state index in [-0.39, 0.29) is 30.2 Å². The van der Waals surface area contributed by atoms with Gasteiger partial charge in [0.15, 0.2) is 0 Å². The third-order valence-corrected chi connectivity index (χ3v) is 6.84. The highest BCUT2D eigenvalue weighted by molar-refractivity contribution is 9.10. The van der Waals surface area contributed by atoms with Crippen molar-refractivity contribution in [3.63, 3.8) is 0 Å². The van der Waals surface area contributed by atoms with Crippen molar-refractivity contribution in [1.82, 2.24) is 5.32 Å². The molecule has 1 aliphatic heterocycles. The second-order valence-electron chi connectivity index (χ2n) is 8.62. The smallest absolute Gasteiger partial charge is 0.252 e. The molecule has 0 bridgehead atoms. The lowest BCUT2D eigenvalue weighted by molar-refractivity contribution is -0.130. The number of hydrogen-bond acceptors (Lipinski definition) is 5. The SMILES string of the molecule is CC[C@@H](C)C(=O)N[C@@H]1C(=O)N(Cc2cc(Br)ccc2OC)c2ccc(C#N)cc2N(C(C)=O)[C@H]1C. The number of anilines is 2. The molecule has 0 radical (unpaired) electrons. The van der Waals surface area contributed by atoms with E-state index in [4.69, 9.17) is 4.74 Å². The fourth-order valence-electron chi connectivity index (χ4n) is 4.20. The Morgan fingerprint density at radius 2 is 1.94 bits per heavy atom. The van der Waals surface area contributed by atoms with Crippen LogP contribution in [-0.4, -0.2) is 36.9 Å². The number of carbonyl (C=O) groups excluding carboxylic acids is 3. The first-order valence-corrected chi connectivity index (χ1v) is 12.2. The van der Waals surface area contributed by atoms with Crippen LogP contribution in [0.5, 0.6) is 5.75 Å². The van der Waals surface area contributed by atoms with Gasteiger partial charge in [0.25, 0.3) is 5.91 Å². The molecule has 0 aliphatic carbocycles. The van der Waals surface area contributed by atoms with E-state index in [1.165, 1.54) is 11.8 Å². The van der Waals surface area contributed by atoms with Gasteiger partial charge < -0.3 is 19.9 Å². The number of rotatable bonds is 6. The molecule has 0 saturated carbocycles. The molecule has 1 N–H and O–H groups in total. The van der Waals surface area contributed by atoms with Crippen molar-refractivity contribution in [2.45, 2.75) is 52.7 Å². The molecule has 0 unspecified atom stereocenters. The molecule has 2 aromatic rings. The summed E-state index contributed by atoms with van der Waals surface area (Å²) in [5, 5.41) is 12.4. The zero-order valence-electron chi connectivity index (χ0n) is 20.5. The van der Waals surface area contributed by atoms with Crippen molar-refractivity contribution in [2.75, 3.05) is 16.9 Å². The van der Waals surface area contributed by atoms with E-state index in [9.17, 15) is 19.6 Å². The molecule has 1 heterocycles. The standard InChI is InChI=1S/C26H29BrN4O4/c1-6-15(2)25(33)29-24-16(3)31(17(4)32)22-11-18(13-28)7-9-21(22)30(26(24)34)14-19-12-20(27)8-10-23(19)35-5/h7-12,15-16,24H,6,14H2,1-5H3,(H,29,33)/t15-,16+,24+/m1/s1. The second-order valence-corrected chi connectivity index (χ2v) is 9.54.